The molecule has 1 aliphatic rings. The number of thiocarbonyl (C=S) groups is 1. The molecular weight excluding hydrogens is 220 g/mol. The molecule has 3 nitrogen and oxygen atoms in total. The molecule has 0 unspecified atom stereocenters. The van der Waals surface area contributed by atoms with Crippen molar-refractivity contribution >= 4 is 23.1 Å². The first kappa shape index (κ1) is 13.4. The molecule has 0 saturated heterocycles. The highest BCUT2D eigenvalue weighted by Gasteiger charge is 2.45. The van der Waals surface area contributed by atoms with E-state index in [-0.39, 0.29) is 5.91 Å². The van der Waals surface area contributed by atoms with Crippen molar-refractivity contribution in [2.45, 2.75) is 39.5 Å². The monoisotopic (exact) mass is 242 g/mol. The minimum atomic E-state index is -0.543. The molecule has 1 rings (SSSR count). The van der Waals surface area contributed by atoms with Crippen molar-refractivity contribution in [1.29, 1.82) is 0 Å². The highest BCUT2D eigenvalue weighted by Crippen LogP contribution is 2.40. The van der Waals surface area contributed by atoms with Gasteiger partial charge in [0.2, 0.25) is 5.91 Å². The molecule has 0 aromatic carbocycles. The summed E-state index contributed by atoms with van der Waals surface area (Å²) in [7, 11) is 1.85. The van der Waals surface area contributed by atoms with Gasteiger partial charge in [-0.1, -0.05) is 38.9 Å². The van der Waals surface area contributed by atoms with Crippen molar-refractivity contribution in [3.8, 4) is 0 Å². The lowest BCUT2D eigenvalue weighted by atomic mass is 9.84. The van der Waals surface area contributed by atoms with Crippen LogP contribution in [0.3, 0.4) is 0 Å². The normalized spacial score (nSPS) is 18.8. The Morgan fingerprint density at radius 3 is 2.31 bits per heavy atom. The van der Waals surface area contributed by atoms with Crippen LogP contribution < -0.4 is 5.73 Å². The average Bonchev–Trinajstić information content (AvgIpc) is 2.65. The fourth-order valence-electron chi connectivity index (χ4n) is 2.54. The van der Waals surface area contributed by atoms with E-state index in [2.05, 4.69) is 13.8 Å². The van der Waals surface area contributed by atoms with E-state index in [0.29, 0.717) is 10.9 Å². The average molecular weight is 242 g/mol. The highest BCUT2D eigenvalue weighted by molar-refractivity contribution is 7.80. The van der Waals surface area contributed by atoms with Crippen LogP contribution in [0, 0.1) is 11.3 Å². The quantitative estimate of drug-likeness (QED) is 0.766. The summed E-state index contributed by atoms with van der Waals surface area (Å²) >= 11 is 5.11. The SMILES string of the molecule is CC(C)CN(C)C(=O)C1(C(N)=S)CCCC1. The van der Waals surface area contributed by atoms with Gasteiger partial charge in [-0.2, -0.15) is 0 Å². The summed E-state index contributed by atoms with van der Waals surface area (Å²) < 4.78 is 0. The van der Waals surface area contributed by atoms with Gasteiger partial charge >= 0.3 is 0 Å². The van der Waals surface area contributed by atoms with E-state index in [0.717, 1.165) is 32.2 Å². The molecule has 4 heteroatoms. The Morgan fingerprint density at radius 2 is 1.94 bits per heavy atom. The summed E-state index contributed by atoms with van der Waals surface area (Å²) in [6, 6.07) is 0. The Hall–Kier alpha value is -0.640. The van der Waals surface area contributed by atoms with Gasteiger partial charge in [0.15, 0.2) is 0 Å². The molecule has 0 aliphatic heterocycles. The zero-order valence-electron chi connectivity index (χ0n) is 10.5. The molecule has 0 aromatic rings. The van der Waals surface area contributed by atoms with Crippen LogP contribution in [-0.2, 0) is 4.79 Å². The molecule has 0 aromatic heterocycles. The van der Waals surface area contributed by atoms with E-state index in [1.807, 2.05) is 7.05 Å². The number of nitrogens with zero attached hydrogens (tertiary/aromatic N) is 1. The summed E-state index contributed by atoms with van der Waals surface area (Å²) in [5.41, 5.74) is 5.24. The van der Waals surface area contributed by atoms with Crippen LogP contribution in [0.2, 0.25) is 0 Å². The Kier molecular flexibility index (Phi) is 4.30. The maximum absolute atomic E-state index is 12.4. The van der Waals surface area contributed by atoms with Gasteiger partial charge in [-0.15, -0.1) is 0 Å². The lowest BCUT2D eigenvalue weighted by molar-refractivity contribution is -0.137. The second kappa shape index (κ2) is 5.13. The lowest BCUT2D eigenvalue weighted by Crippen LogP contribution is -2.48. The molecule has 92 valence electrons. The molecule has 0 atom stereocenters. The van der Waals surface area contributed by atoms with E-state index in [4.69, 9.17) is 18.0 Å². The van der Waals surface area contributed by atoms with Crippen molar-refractivity contribution in [2.75, 3.05) is 13.6 Å². The largest absolute Gasteiger partial charge is 0.392 e. The van der Waals surface area contributed by atoms with E-state index in [9.17, 15) is 4.79 Å². The standard InChI is InChI=1S/C12H22N2OS/c1-9(2)8-14(3)11(15)12(10(13)16)6-4-5-7-12/h9H,4-8H2,1-3H3,(H2,13,16). The van der Waals surface area contributed by atoms with Gasteiger partial charge in [0.1, 0.15) is 0 Å². The number of carbonyl (C=O) groups excluding carboxylic acids is 1. The number of nitrogens with two attached hydrogens (primary N) is 1. The summed E-state index contributed by atoms with van der Waals surface area (Å²) in [4.78, 5) is 14.6. The molecule has 1 aliphatic carbocycles. The van der Waals surface area contributed by atoms with Crippen LogP contribution in [-0.4, -0.2) is 29.4 Å². The van der Waals surface area contributed by atoms with Crippen LogP contribution in [0.5, 0.6) is 0 Å². The van der Waals surface area contributed by atoms with E-state index < -0.39 is 5.41 Å². The van der Waals surface area contributed by atoms with Gasteiger partial charge in [0.05, 0.1) is 10.4 Å². The topological polar surface area (TPSA) is 46.3 Å². The van der Waals surface area contributed by atoms with E-state index in [1.54, 1.807) is 4.90 Å². The van der Waals surface area contributed by atoms with Crippen LogP contribution in [0.1, 0.15) is 39.5 Å². The van der Waals surface area contributed by atoms with Crippen molar-refractivity contribution in [3.63, 3.8) is 0 Å². The molecule has 1 saturated carbocycles. The van der Waals surface area contributed by atoms with E-state index in [1.165, 1.54) is 0 Å². The third kappa shape index (κ3) is 2.54. The second-order valence-corrected chi connectivity index (χ2v) is 5.67. The Balaban J connectivity index is 2.80. The number of carbonyl (C=O) groups is 1. The molecule has 0 heterocycles. The fraction of sp³-hybridized carbons (Fsp3) is 0.833. The lowest BCUT2D eigenvalue weighted by Gasteiger charge is -2.32. The van der Waals surface area contributed by atoms with Gasteiger partial charge in [-0.3, -0.25) is 4.79 Å². The van der Waals surface area contributed by atoms with Crippen molar-refractivity contribution in [1.82, 2.24) is 4.90 Å². The number of rotatable bonds is 4. The Morgan fingerprint density at radius 1 is 1.44 bits per heavy atom. The summed E-state index contributed by atoms with van der Waals surface area (Å²) in [5.74, 6) is 0.588. The van der Waals surface area contributed by atoms with Gasteiger partial charge in [-0.05, 0) is 18.8 Å². The summed E-state index contributed by atoms with van der Waals surface area (Å²) in [6.45, 7) is 4.97. The predicted molar refractivity (Wildman–Crippen MR) is 70.2 cm³/mol. The van der Waals surface area contributed by atoms with Crippen LogP contribution in [0.4, 0.5) is 0 Å². The van der Waals surface area contributed by atoms with Gasteiger partial charge < -0.3 is 10.6 Å². The van der Waals surface area contributed by atoms with Crippen LogP contribution in [0.25, 0.3) is 0 Å². The van der Waals surface area contributed by atoms with Gasteiger partial charge in [0, 0.05) is 13.6 Å². The molecule has 0 spiro atoms. The second-order valence-electron chi connectivity index (χ2n) is 5.23. The number of amides is 1. The molecular formula is C12H22N2OS. The zero-order chi connectivity index (χ0) is 12.3. The first-order valence-electron chi connectivity index (χ1n) is 5.95. The fourth-order valence-corrected chi connectivity index (χ4v) is 2.83. The smallest absolute Gasteiger partial charge is 0.235 e. The minimum Gasteiger partial charge on any atom is -0.392 e. The number of hydrogen-bond donors (Lipinski definition) is 1. The van der Waals surface area contributed by atoms with Crippen molar-refractivity contribution < 1.29 is 4.79 Å². The van der Waals surface area contributed by atoms with Gasteiger partial charge in [-0.25, -0.2) is 0 Å². The molecule has 0 bridgehead atoms. The van der Waals surface area contributed by atoms with Crippen molar-refractivity contribution in [3.05, 3.63) is 0 Å². The zero-order valence-corrected chi connectivity index (χ0v) is 11.3. The molecule has 0 radical (unpaired) electrons. The number of hydrogen-bond acceptors (Lipinski definition) is 2. The Labute approximate surface area is 103 Å². The first-order valence-corrected chi connectivity index (χ1v) is 6.36. The minimum absolute atomic E-state index is 0.117. The van der Waals surface area contributed by atoms with E-state index >= 15 is 0 Å². The molecule has 2 N–H and O–H groups in total. The predicted octanol–water partition coefficient (Wildman–Crippen LogP) is 1.95. The third-order valence-electron chi connectivity index (χ3n) is 3.32. The van der Waals surface area contributed by atoms with Crippen LogP contribution in [0.15, 0.2) is 0 Å². The maximum Gasteiger partial charge on any atom is 0.235 e. The summed E-state index contributed by atoms with van der Waals surface area (Å²) in [6.07, 6.45) is 3.75. The molecule has 1 fully saturated rings. The maximum atomic E-state index is 12.4. The molecule has 1 amide bonds. The third-order valence-corrected chi connectivity index (χ3v) is 3.71. The molecule has 16 heavy (non-hydrogen) atoms. The van der Waals surface area contributed by atoms with Gasteiger partial charge in [0.25, 0.3) is 0 Å². The van der Waals surface area contributed by atoms with Crippen molar-refractivity contribution in [2.24, 2.45) is 17.1 Å². The highest BCUT2D eigenvalue weighted by atomic mass is 32.1. The Bertz CT molecular complexity index is 283. The summed E-state index contributed by atoms with van der Waals surface area (Å²) in [5, 5.41) is 0. The van der Waals surface area contributed by atoms with Crippen LogP contribution >= 0.6 is 12.2 Å². The first-order chi connectivity index (χ1) is 7.40.